The van der Waals surface area contributed by atoms with Gasteiger partial charge in [-0.15, -0.1) is 0 Å². The van der Waals surface area contributed by atoms with Crippen LogP contribution in [0.5, 0.6) is 0 Å². The van der Waals surface area contributed by atoms with Crippen molar-refractivity contribution in [3.05, 3.63) is 34.3 Å². The fraction of sp³-hybridized carbons (Fsp3) is 0.167. The highest BCUT2D eigenvalue weighted by atomic mass is 35.5. The summed E-state index contributed by atoms with van der Waals surface area (Å²) in [5.41, 5.74) is 1.02. The van der Waals surface area contributed by atoms with Crippen LogP contribution in [0, 0.1) is 11.8 Å². The quantitative estimate of drug-likeness (QED) is 0.449. The molecule has 0 aliphatic heterocycles. The molecule has 16 heavy (non-hydrogen) atoms. The molecule has 0 amide bonds. The van der Waals surface area contributed by atoms with Crippen molar-refractivity contribution in [2.75, 3.05) is 7.11 Å². The lowest BCUT2D eigenvalue weighted by Gasteiger charge is -1.96. The molecule has 0 N–H and O–H groups in total. The van der Waals surface area contributed by atoms with Crippen LogP contribution >= 0.6 is 11.6 Å². The molecule has 3 nitrogen and oxygen atoms in total. The number of aldehydes is 1. The van der Waals surface area contributed by atoms with Crippen LogP contribution in [-0.4, -0.2) is 19.4 Å². The Bertz CT molecular complexity index is 469. The van der Waals surface area contributed by atoms with Gasteiger partial charge in [-0.05, 0) is 18.2 Å². The SMILES string of the molecule is COC(=O)CC#Cc1ccc(Cl)c(C=O)c1. The predicted molar refractivity (Wildman–Crippen MR) is 60.4 cm³/mol. The molecule has 1 rings (SSSR count). The standard InChI is InChI=1S/C12H9ClO3/c1-16-12(15)4-2-3-9-5-6-11(13)10(7-9)8-14/h5-8H,4H2,1H3. The van der Waals surface area contributed by atoms with Gasteiger partial charge in [0.15, 0.2) is 6.29 Å². The molecule has 0 aliphatic rings. The van der Waals surface area contributed by atoms with E-state index in [1.807, 2.05) is 0 Å². The molecule has 0 heterocycles. The van der Waals surface area contributed by atoms with E-state index in [1.54, 1.807) is 18.2 Å². The molecule has 1 aromatic rings. The second kappa shape index (κ2) is 5.94. The largest absolute Gasteiger partial charge is 0.468 e. The lowest BCUT2D eigenvalue weighted by atomic mass is 10.1. The van der Waals surface area contributed by atoms with Crippen LogP contribution < -0.4 is 0 Å². The van der Waals surface area contributed by atoms with Gasteiger partial charge in [0.05, 0.1) is 12.1 Å². The number of rotatable bonds is 2. The summed E-state index contributed by atoms with van der Waals surface area (Å²) in [5, 5.41) is 0.383. The van der Waals surface area contributed by atoms with Crippen LogP contribution in [0.1, 0.15) is 22.3 Å². The van der Waals surface area contributed by atoms with Crippen molar-refractivity contribution in [1.29, 1.82) is 0 Å². The lowest BCUT2D eigenvalue weighted by Crippen LogP contribution is -1.97. The highest BCUT2D eigenvalue weighted by Crippen LogP contribution is 2.14. The van der Waals surface area contributed by atoms with Gasteiger partial charge in [-0.3, -0.25) is 9.59 Å². The molecular formula is C12H9ClO3. The predicted octanol–water partition coefficient (Wildman–Crippen LogP) is 2.07. The second-order valence-electron chi connectivity index (χ2n) is 2.91. The molecule has 0 fully saturated rings. The molecule has 4 heteroatoms. The summed E-state index contributed by atoms with van der Waals surface area (Å²) < 4.78 is 4.43. The summed E-state index contributed by atoms with van der Waals surface area (Å²) in [6.07, 6.45) is 0.684. The van der Waals surface area contributed by atoms with Crippen LogP contribution in [0.3, 0.4) is 0 Å². The van der Waals surface area contributed by atoms with Crippen molar-refractivity contribution in [2.24, 2.45) is 0 Å². The van der Waals surface area contributed by atoms with E-state index in [1.165, 1.54) is 7.11 Å². The third kappa shape index (κ3) is 3.41. The maximum absolute atomic E-state index is 10.8. The van der Waals surface area contributed by atoms with E-state index in [0.29, 0.717) is 22.4 Å². The zero-order valence-electron chi connectivity index (χ0n) is 8.62. The monoisotopic (exact) mass is 236 g/mol. The highest BCUT2D eigenvalue weighted by molar-refractivity contribution is 6.32. The zero-order valence-corrected chi connectivity index (χ0v) is 9.38. The zero-order chi connectivity index (χ0) is 12.0. The Hall–Kier alpha value is -1.79. The average molecular weight is 237 g/mol. The fourth-order valence-corrected chi connectivity index (χ4v) is 1.16. The van der Waals surface area contributed by atoms with Crippen LogP contribution in [0.15, 0.2) is 18.2 Å². The first-order chi connectivity index (χ1) is 7.67. The summed E-state index contributed by atoms with van der Waals surface area (Å²) >= 11 is 5.75. The van der Waals surface area contributed by atoms with Crippen LogP contribution in [-0.2, 0) is 9.53 Å². The molecule has 0 spiro atoms. The van der Waals surface area contributed by atoms with Crippen LogP contribution in [0.2, 0.25) is 5.02 Å². The fourth-order valence-electron chi connectivity index (χ4n) is 1.00. The van der Waals surface area contributed by atoms with E-state index < -0.39 is 5.97 Å². The smallest absolute Gasteiger partial charge is 0.317 e. The molecule has 0 radical (unpaired) electrons. The van der Waals surface area contributed by atoms with Crippen molar-refractivity contribution in [3.8, 4) is 11.8 Å². The molecule has 0 aliphatic carbocycles. The summed E-state index contributed by atoms with van der Waals surface area (Å²) in [5.74, 6) is 4.99. The van der Waals surface area contributed by atoms with E-state index in [4.69, 9.17) is 11.6 Å². The summed E-state index contributed by atoms with van der Waals surface area (Å²) in [4.78, 5) is 21.4. The number of carbonyl (C=O) groups excluding carboxylic acids is 2. The van der Waals surface area contributed by atoms with Crippen molar-refractivity contribution in [3.63, 3.8) is 0 Å². The third-order valence-electron chi connectivity index (χ3n) is 1.82. The van der Waals surface area contributed by atoms with Gasteiger partial charge >= 0.3 is 5.97 Å². The van der Waals surface area contributed by atoms with Gasteiger partial charge < -0.3 is 4.74 Å². The maximum Gasteiger partial charge on any atom is 0.317 e. The number of carbonyl (C=O) groups is 2. The molecule has 1 aromatic carbocycles. The molecule has 0 atom stereocenters. The first kappa shape index (κ1) is 12.3. The molecular weight excluding hydrogens is 228 g/mol. The first-order valence-corrected chi connectivity index (χ1v) is 4.85. The number of benzene rings is 1. The second-order valence-corrected chi connectivity index (χ2v) is 3.32. The number of hydrogen-bond donors (Lipinski definition) is 0. The van der Waals surface area contributed by atoms with E-state index in [0.717, 1.165) is 0 Å². The van der Waals surface area contributed by atoms with E-state index in [2.05, 4.69) is 16.6 Å². The first-order valence-electron chi connectivity index (χ1n) is 4.47. The molecule has 0 bridgehead atoms. The summed E-state index contributed by atoms with van der Waals surface area (Å²) in [7, 11) is 1.30. The van der Waals surface area contributed by atoms with E-state index in [-0.39, 0.29) is 6.42 Å². The van der Waals surface area contributed by atoms with E-state index in [9.17, 15) is 9.59 Å². The van der Waals surface area contributed by atoms with Crippen molar-refractivity contribution < 1.29 is 14.3 Å². The van der Waals surface area contributed by atoms with Crippen molar-refractivity contribution in [1.82, 2.24) is 0 Å². The molecule has 82 valence electrons. The Morgan fingerprint density at radius 1 is 1.56 bits per heavy atom. The van der Waals surface area contributed by atoms with Gasteiger partial charge in [-0.1, -0.05) is 23.4 Å². The summed E-state index contributed by atoms with van der Waals surface area (Å²) in [6.45, 7) is 0. The van der Waals surface area contributed by atoms with Crippen molar-refractivity contribution >= 4 is 23.9 Å². The van der Waals surface area contributed by atoms with Gasteiger partial charge in [0.1, 0.15) is 6.42 Å². The normalized spacial score (nSPS) is 8.88. The summed E-state index contributed by atoms with van der Waals surface area (Å²) in [6, 6.07) is 4.84. The minimum Gasteiger partial charge on any atom is -0.468 e. The van der Waals surface area contributed by atoms with Gasteiger partial charge in [0.2, 0.25) is 0 Å². The Kier molecular flexibility index (Phi) is 4.56. The Morgan fingerprint density at radius 3 is 2.94 bits per heavy atom. The molecule has 0 aromatic heterocycles. The Balaban J connectivity index is 2.81. The lowest BCUT2D eigenvalue weighted by molar-refractivity contribution is -0.139. The number of ether oxygens (including phenoxy) is 1. The maximum atomic E-state index is 10.8. The minimum absolute atomic E-state index is 0.0234. The van der Waals surface area contributed by atoms with Gasteiger partial charge in [-0.2, -0.15) is 0 Å². The van der Waals surface area contributed by atoms with Crippen LogP contribution in [0.4, 0.5) is 0 Å². The van der Waals surface area contributed by atoms with E-state index >= 15 is 0 Å². The highest BCUT2D eigenvalue weighted by Gasteiger charge is 1.99. The number of hydrogen-bond acceptors (Lipinski definition) is 3. The Morgan fingerprint density at radius 2 is 2.31 bits per heavy atom. The number of esters is 1. The average Bonchev–Trinajstić information content (AvgIpc) is 2.31. The van der Waals surface area contributed by atoms with Crippen LogP contribution in [0.25, 0.3) is 0 Å². The third-order valence-corrected chi connectivity index (χ3v) is 2.16. The van der Waals surface area contributed by atoms with Crippen molar-refractivity contribution in [2.45, 2.75) is 6.42 Å². The minimum atomic E-state index is -0.392. The molecule has 0 saturated carbocycles. The number of halogens is 1. The van der Waals surface area contributed by atoms with Gasteiger partial charge in [0, 0.05) is 11.1 Å². The topological polar surface area (TPSA) is 43.4 Å². The van der Waals surface area contributed by atoms with Gasteiger partial charge in [-0.25, -0.2) is 0 Å². The molecule has 0 unspecified atom stereocenters. The number of methoxy groups -OCH3 is 1. The Labute approximate surface area is 98.4 Å². The molecule has 0 saturated heterocycles. The van der Waals surface area contributed by atoms with Gasteiger partial charge in [0.25, 0.3) is 0 Å².